The molecule has 0 atom stereocenters. The Bertz CT molecular complexity index is 1430. The van der Waals surface area contributed by atoms with Crippen LogP contribution in [0.2, 0.25) is 0 Å². The third-order valence-corrected chi connectivity index (χ3v) is 6.52. The van der Waals surface area contributed by atoms with E-state index in [2.05, 4.69) is 4.72 Å². The van der Waals surface area contributed by atoms with Gasteiger partial charge < -0.3 is 14.7 Å². The lowest BCUT2D eigenvalue weighted by atomic mass is 9.82. The number of anilines is 2. The summed E-state index contributed by atoms with van der Waals surface area (Å²) in [5.41, 5.74) is -0.126. The Kier molecular flexibility index (Phi) is 5.28. The lowest BCUT2D eigenvalue weighted by Gasteiger charge is -2.29. The highest BCUT2D eigenvalue weighted by atomic mass is 32.2. The van der Waals surface area contributed by atoms with Crippen molar-refractivity contribution in [3.05, 3.63) is 76.9 Å². The van der Waals surface area contributed by atoms with Gasteiger partial charge in [-0.3, -0.25) is 14.3 Å². The molecule has 8 nitrogen and oxygen atoms in total. The van der Waals surface area contributed by atoms with Gasteiger partial charge in [-0.05, 0) is 25.0 Å². The van der Waals surface area contributed by atoms with Crippen LogP contribution in [0.3, 0.4) is 0 Å². The number of para-hydroxylation sites is 1. The van der Waals surface area contributed by atoms with E-state index in [0.29, 0.717) is 18.8 Å². The van der Waals surface area contributed by atoms with Gasteiger partial charge in [0.2, 0.25) is 10.0 Å². The molecular formula is C25H22N2O6S. The number of sulfonamides is 1. The van der Waals surface area contributed by atoms with Crippen LogP contribution in [0.15, 0.2) is 54.6 Å². The Labute approximate surface area is 196 Å². The summed E-state index contributed by atoms with van der Waals surface area (Å²) in [5.74, 6) is -1.15. The van der Waals surface area contributed by atoms with Crippen LogP contribution in [-0.2, 0) is 10.0 Å². The molecule has 0 bridgehead atoms. The van der Waals surface area contributed by atoms with Gasteiger partial charge in [0.25, 0.3) is 0 Å². The summed E-state index contributed by atoms with van der Waals surface area (Å²) in [6.07, 6.45) is 2.66. The smallest absolute Gasteiger partial charge is 0.229 e. The second-order valence-corrected chi connectivity index (χ2v) is 10.1. The van der Waals surface area contributed by atoms with E-state index in [9.17, 15) is 23.1 Å². The second kappa shape index (κ2) is 8.18. The van der Waals surface area contributed by atoms with Crippen molar-refractivity contribution in [1.29, 1.82) is 0 Å². The molecule has 5 rings (SSSR count). The van der Waals surface area contributed by atoms with E-state index >= 15 is 0 Å². The quantitative estimate of drug-likeness (QED) is 0.418. The summed E-state index contributed by atoms with van der Waals surface area (Å²) in [6, 6.07) is 14.9. The van der Waals surface area contributed by atoms with E-state index in [4.69, 9.17) is 4.74 Å². The number of benzene rings is 3. The standard InChI is InChI=1S/C25H22N2O6S/c1-34(31,32)26-20-18-19(23(29)17-12-6-5-11-16(17)22(18)28)24(30)21(27-13-7-8-14-27)25(20)33-15-9-3-2-4-10-15/h2-6,9-12,26,30H,7-8,13-14H2,1H3. The van der Waals surface area contributed by atoms with Gasteiger partial charge in [0.05, 0.1) is 17.4 Å². The maximum absolute atomic E-state index is 13.6. The molecule has 1 saturated heterocycles. The second-order valence-electron chi connectivity index (χ2n) is 8.34. The molecule has 0 spiro atoms. The van der Waals surface area contributed by atoms with Crippen molar-refractivity contribution in [1.82, 2.24) is 0 Å². The lowest BCUT2D eigenvalue weighted by molar-refractivity contribution is 0.0977. The number of phenolic OH excluding ortho intramolecular Hbond substituents is 1. The van der Waals surface area contributed by atoms with Gasteiger partial charge in [0.1, 0.15) is 17.1 Å². The van der Waals surface area contributed by atoms with Crippen molar-refractivity contribution >= 4 is 33.0 Å². The number of nitrogens with zero attached hydrogens (tertiary/aromatic N) is 1. The molecule has 34 heavy (non-hydrogen) atoms. The SMILES string of the molecule is CS(=O)(=O)Nc1c(Oc2ccccc2)c(N2CCCC2)c(O)c2c1C(=O)c1ccccc1C2=O. The van der Waals surface area contributed by atoms with Gasteiger partial charge in [-0.1, -0.05) is 42.5 Å². The molecule has 2 N–H and O–H groups in total. The first-order chi connectivity index (χ1) is 16.3. The summed E-state index contributed by atoms with van der Waals surface area (Å²) in [4.78, 5) is 28.9. The van der Waals surface area contributed by atoms with Crippen LogP contribution in [0, 0.1) is 0 Å². The predicted molar refractivity (Wildman–Crippen MR) is 128 cm³/mol. The van der Waals surface area contributed by atoms with Crippen LogP contribution in [0.1, 0.15) is 44.7 Å². The maximum atomic E-state index is 13.6. The summed E-state index contributed by atoms with van der Waals surface area (Å²) >= 11 is 0. The Morgan fingerprint density at radius 3 is 2.03 bits per heavy atom. The molecule has 2 aliphatic rings. The fraction of sp³-hybridized carbons (Fsp3) is 0.200. The van der Waals surface area contributed by atoms with Gasteiger partial charge in [0.15, 0.2) is 23.1 Å². The molecule has 1 fully saturated rings. The minimum atomic E-state index is -3.89. The molecular weight excluding hydrogens is 456 g/mol. The van der Waals surface area contributed by atoms with Crippen LogP contribution in [0.5, 0.6) is 17.2 Å². The van der Waals surface area contributed by atoms with Gasteiger partial charge in [-0.2, -0.15) is 0 Å². The summed E-state index contributed by atoms with van der Waals surface area (Å²) in [6.45, 7) is 1.16. The molecule has 1 aliphatic heterocycles. The van der Waals surface area contributed by atoms with Gasteiger partial charge in [0, 0.05) is 24.2 Å². The predicted octanol–water partition coefficient (Wildman–Crippen LogP) is 3.93. The number of nitrogens with one attached hydrogen (secondary N) is 1. The zero-order valence-electron chi connectivity index (χ0n) is 18.4. The number of aromatic hydroxyl groups is 1. The molecule has 3 aromatic rings. The van der Waals surface area contributed by atoms with Crippen molar-refractivity contribution in [3.8, 4) is 17.2 Å². The largest absolute Gasteiger partial charge is 0.505 e. The maximum Gasteiger partial charge on any atom is 0.229 e. The number of carbonyl (C=O) groups excluding carboxylic acids is 2. The van der Waals surface area contributed by atoms with Crippen molar-refractivity contribution < 1.29 is 27.9 Å². The normalized spacial score (nSPS) is 15.1. The number of fused-ring (bicyclic) bond motifs is 2. The minimum absolute atomic E-state index is 0.0182. The first-order valence-electron chi connectivity index (χ1n) is 10.8. The molecule has 0 radical (unpaired) electrons. The lowest BCUT2D eigenvalue weighted by Crippen LogP contribution is -2.27. The average Bonchev–Trinajstić information content (AvgIpc) is 3.33. The van der Waals surface area contributed by atoms with E-state index in [1.165, 1.54) is 12.1 Å². The van der Waals surface area contributed by atoms with Crippen LogP contribution < -0.4 is 14.4 Å². The minimum Gasteiger partial charge on any atom is -0.505 e. The fourth-order valence-corrected chi connectivity index (χ4v) is 5.09. The molecule has 1 aliphatic carbocycles. The monoisotopic (exact) mass is 478 g/mol. The van der Waals surface area contributed by atoms with Crippen molar-refractivity contribution in [2.24, 2.45) is 0 Å². The Hall–Kier alpha value is -3.85. The number of hydrogen-bond acceptors (Lipinski definition) is 7. The Balaban J connectivity index is 1.86. The van der Waals surface area contributed by atoms with E-state index in [0.717, 1.165) is 19.1 Å². The van der Waals surface area contributed by atoms with Crippen LogP contribution >= 0.6 is 0 Å². The third-order valence-electron chi connectivity index (χ3n) is 5.95. The highest BCUT2D eigenvalue weighted by Crippen LogP contribution is 2.53. The molecule has 9 heteroatoms. The Morgan fingerprint density at radius 1 is 0.882 bits per heavy atom. The number of carbonyl (C=O) groups is 2. The molecule has 1 heterocycles. The summed E-state index contributed by atoms with van der Waals surface area (Å²) in [5, 5.41) is 11.4. The topological polar surface area (TPSA) is 113 Å². The van der Waals surface area contributed by atoms with E-state index in [1.54, 1.807) is 42.5 Å². The van der Waals surface area contributed by atoms with E-state index in [-0.39, 0.29) is 39.4 Å². The molecule has 0 unspecified atom stereocenters. The van der Waals surface area contributed by atoms with Crippen molar-refractivity contribution in [2.45, 2.75) is 12.8 Å². The zero-order valence-corrected chi connectivity index (χ0v) is 19.2. The number of ether oxygens (including phenoxy) is 1. The molecule has 174 valence electrons. The Morgan fingerprint density at radius 2 is 1.44 bits per heavy atom. The van der Waals surface area contributed by atoms with Crippen molar-refractivity contribution in [2.75, 3.05) is 29.0 Å². The molecule has 0 saturated carbocycles. The number of rotatable bonds is 5. The van der Waals surface area contributed by atoms with Crippen molar-refractivity contribution in [3.63, 3.8) is 0 Å². The highest BCUT2D eigenvalue weighted by Gasteiger charge is 2.40. The van der Waals surface area contributed by atoms with Crippen LogP contribution in [0.4, 0.5) is 11.4 Å². The van der Waals surface area contributed by atoms with Crippen LogP contribution in [0.25, 0.3) is 0 Å². The molecule has 0 aromatic heterocycles. The number of hydrogen-bond donors (Lipinski definition) is 2. The summed E-state index contributed by atoms with van der Waals surface area (Å²) in [7, 11) is -3.89. The zero-order chi connectivity index (χ0) is 24.0. The molecule has 3 aromatic carbocycles. The van der Waals surface area contributed by atoms with Gasteiger partial charge >= 0.3 is 0 Å². The first-order valence-corrected chi connectivity index (χ1v) is 12.7. The summed E-state index contributed by atoms with van der Waals surface area (Å²) < 4.78 is 33.3. The first kappa shape index (κ1) is 22.0. The molecule has 0 amide bonds. The van der Waals surface area contributed by atoms with Gasteiger partial charge in [-0.25, -0.2) is 8.42 Å². The van der Waals surface area contributed by atoms with Gasteiger partial charge in [-0.15, -0.1) is 0 Å². The highest BCUT2D eigenvalue weighted by molar-refractivity contribution is 7.92. The van der Waals surface area contributed by atoms with Crippen LogP contribution in [-0.4, -0.2) is 44.4 Å². The third kappa shape index (κ3) is 3.67. The van der Waals surface area contributed by atoms with E-state index in [1.807, 2.05) is 4.90 Å². The fourth-order valence-electron chi connectivity index (χ4n) is 4.52. The average molecular weight is 479 g/mol. The number of ketones is 2. The van der Waals surface area contributed by atoms with E-state index < -0.39 is 27.3 Å². The number of phenols is 1.